The van der Waals surface area contributed by atoms with Crippen LogP contribution in [0, 0.1) is 5.92 Å². The molecule has 0 spiro atoms. The third kappa shape index (κ3) is 4.36. The maximum absolute atomic E-state index is 10.4. The summed E-state index contributed by atoms with van der Waals surface area (Å²) in [6.07, 6.45) is 0.434. The second-order valence-electron chi connectivity index (χ2n) is 2.62. The number of hydrogen-bond acceptors (Lipinski definition) is 3. The zero-order valence-electron chi connectivity index (χ0n) is 7.00. The monoisotopic (exact) mass is 159 g/mol. The fraction of sp³-hybridized carbons (Fsp3) is 0.714. The highest BCUT2D eigenvalue weighted by Gasteiger charge is 2.11. The number of aliphatic carboxylic acids is 1. The predicted molar refractivity (Wildman–Crippen MR) is 41.5 cm³/mol. The first kappa shape index (κ1) is 9.94. The molecule has 0 fully saturated rings. The maximum atomic E-state index is 10.4. The molecule has 0 aromatic heterocycles. The SMILES string of the molecule is CO/N=C(/CC(C)C)C(=O)O. The van der Waals surface area contributed by atoms with Crippen LogP contribution >= 0.6 is 0 Å². The van der Waals surface area contributed by atoms with Crippen molar-refractivity contribution in [3.63, 3.8) is 0 Å². The minimum atomic E-state index is -1.01. The summed E-state index contributed by atoms with van der Waals surface area (Å²) in [6.45, 7) is 3.85. The number of carboxylic acids is 1. The van der Waals surface area contributed by atoms with Gasteiger partial charge in [0.2, 0.25) is 0 Å². The van der Waals surface area contributed by atoms with Crippen LogP contribution in [-0.2, 0) is 9.63 Å². The molecule has 0 rings (SSSR count). The van der Waals surface area contributed by atoms with E-state index < -0.39 is 5.97 Å². The molecule has 0 aromatic carbocycles. The van der Waals surface area contributed by atoms with Crippen molar-refractivity contribution in [1.29, 1.82) is 0 Å². The van der Waals surface area contributed by atoms with Gasteiger partial charge >= 0.3 is 5.97 Å². The highest BCUT2D eigenvalue weighted by molar-refractivity contribution is 6.35. The Hall–Kier alpha value is -1.06. The number of rotatable bonds is 4. The molecule has 0 saturated heterocycles. The van der Waals surface area contributed by atoms with E-state index in [9.17, 15) is 4.79 Å². The summed E-state index contributed by atoms with van der Waals surface area (Å²) in [5, 5.41) is 11.9. The first-order valence-corrected chi connectivity index (χ1v) is 3.41. The molecule has 64 valence electrons. The van der Waals surface area contributed by atoms with Gasteiger partial charge in [-0.2, -0.15) is 0 Å². The van der Waals surface area contributed by atoms with Crippen molar-refractivity contribution in [2.75, 3.05) is 7.11 Å². The highest BCUT2D eigenvalue weighted by Crippen LogP contribution is 2.01. The number of hydrogen-bond donors (Lipinski definition) is 1. The van der Waals surface area contributed by atoms with E-state index in [4.69, 9.17) is 5.11 Å². The van der Waals surface area contributed by atoms with Crippen LogP contribution in [0.4, 0.5) is 0 Å². The Morgan fingerprint density at radius 1 is 1.64 bits per heavy atom. The molecule has 0 aromatic rings. The van der Waals surface area contributed by atoms with Gasteiger partial charge in [0.1, 0.15) is 7.11 Å². The summed E-state index contributed by atoms with van der Waals surface area (Å²) in [6, 6.07) is 0. The molecule has 4 nitrogen and oxygen atoms in total. The van der Waals surface area contributed by atoms with Crippen LogP contribution in [0.1, 0.15) is 20.3 Å². The molecule has 0 bridgehead atoms. The average Bonchev–Trinajstić information content (AvgIpc) is 1.86. The Balaban J connectivity index is 4.12. The zero-order chi connectivity index (χ0) is 8.85. The van der Waals surface area contributed by atoms with Crippen molar-refractivity contribution in [3.8, 4) is 0 Å². The largest absolute Gasteiger partial charge is 0.477 e. The van der Waals surface area contributed by atoms with E-state index >= 15 is 0 Å². The number of oxime groups is 1. The van der Waals surface area contributed by atoms with E-state index in [1.807, 2.05) is 13.8 Å². The Morgan fingerprint density at radius 2 is 2.18 bits per heavy atom. The van der Waals surface area contributed by atoms with Gasteiger partial charge in [0.25, 0.3) is 0 Å². The van der Waals surface area contributed by atoms with E-state index in [1.54, 1.807) is 0 Å². The quantitative estimate of drug-likeness (QED) is 0.494. The molecule has 0 aliphatic carbocycles. The topological polar surface area (TPSA) is 58.9 Å². The standard InChI is InChI=1S/C7H13NO3/c1-5(2)4-6(7(9)10)8-11-3/h5H,4H2,1-3H3,(H,9,10)/b8-6-. The molecule has 0 radical (unpaired) electrons. The van der Waals surface area contributed by atoms with Gasteiger partial charge in [-0.3, -0.25) is 0 Å². The van der Waals surface area contributed by atoms with Crippen LogP contribution in [0.3, 0.4) is 0 Å². The number of nitrogens with zero attached hydrogens (tertiary/aromatic N) is 1. The van der Waals surface area contributed by atoms with E-state index in [2.05, 4.69) is 9.99 Å². The van der Waals surface area contributed by atoms with Crippen LogP contribution in [0.5, 0.6) is 0 Å². The lowest BCUT2D eigenvalue weighted by atomic mass is 10.1. The third-order valence-corrected chi connectivity index (χ3v) is 1.05. The Bertz CT molecular complexity index is 163. The van der Waals surface area contributed by atoms with Gasteiger partial charge in [0, 0.05) is 6.42 Å². The number of carbonyl (C=O) groups is 1. The first-order valence-electron chi connectivity index (χ1n) is 3.41. The average molecular weight is 159 g/mol. The second-order valence-corrected chi connectivity index (χ2v) is 2.62. The normalized spacial score (nSPS) is 11.8. The molecule has 0 aliphatic rings. The number of carboxylic acid groups (broad SMARTS) is 1. The van der Waals surface area contributed by atoms with Gasteiger partial charge in [0.05, 0.1) is 0 Å². The summed E-state index contributed by atoms with van der Waals surface area (Å²) < 4.78 is 0. The van der Waals surface area contributed by atoms with Crippen LogP contribution in [0.15, 0.2) is 5.16 Å². The summed E-state index contributed by atoms with van der Waals surface area (Å²) in [4.78, 5) is 14.8. The summed E-state index contributed by atoms with van der Waals surface area (Å²) in [5.41, 5.74) is 0.0718. The van der Waals surface area contributed by atoms with Crippen molar-refractivity contribution in [1.82, 2.24) is 0 Å². The lowest BCUT2D eigenvalue weighted by Crippen LogP contribution is -2.15. The van der Waals surface area contributed by atoms with Crippen LogP contribution in [-0.4, -0.2) is 23.9 Å². The lowest BCUT2D eigenvalue weighted by Gasteiger charge is -2.02. The van der Waals surface area contributed by atoms with Crippen molar-refractivity contribution in [2.24, 2.45) is 11.1 Å². The molecule has 0 heterocycles. The fourth-order valence-corrected chi connectivity index (χ4v) is 0.661. The first-order chi connectivity index (χ1) is 5.07. The van der Waals surface area contributed by atoms with E-state index in [0.717, 1.165) is 0 Å². The molecule has 0 atom stereocenters. The fourth-order valence-electron chi connectivity index (χ4n) is 0.661. The van der Waals surface area contributed by atoms with Gasteiger partial charge in [-0.15, -0.1) is 0 Å². The van der Waals surface area contributed by atoms with Gasteiger partial charge in [-0.05, 0) is 5.92 Å². The van der Waals surface area contributed by atoms with Crippen molar-refractivity contribution < 1.29 is 14.7 Å². The second kappa shape index (κ2) is 4.71. The minimum absolute atomic E-state index is 0.0718. The van der Waals surface area contributed by atoms with Gasteiger partial charge in [-0.1, -0.05) is 19.0 Å². The molecule has 0 saturated carbocycles. The van der Waals surface area contributed by atoms with Crippen LogP contribution < -0.4 is 0 Å². The molecular weight excluding hydrogens is 146 g/mol. The summed E-state index contributed by atoms with van der Waals surface area (Å²) in [7, 11) is 1.34. The highest BCUT2D eigenvalue weighted by atomic mass is 16.6. The predicted octanol–water partition coefficient (Wildman–Crippen LogP) is 1.12. The summed E-state index contributed by atoms with van der Waals surface area (Å²) in [5.74, 6) is -0.736. The molecular formula is C7H13NO3. The van der Waals surface area contributed by atoms with Gasteiger partial charge in [-0.25, -0.2) is 4.79 Å². The van der Waals surface area contributed by atoms with Gasteiger partial charge < -0.3 is 9.94 Å². The Kier molecular flexibility index (Phi) is 4.26. The maximum Gasteiger partial charge on any atom is 0.353 e. The van der Waals surface area contributed by atoms with E-state index in [0.29, 0.717) is 6.42 Å². The molecule has 11 heavy (non-hydrogen) atoms. The third-order valence-electron chi connectivity index (χ3n) is 1.05. The molecule has 4 heteroatoms. The molecule has 1 N–H and O–H groups in total. The minimum Gasteiger partial charge on any atom is -0.477 e. The van der Waals surface area contributed by atoms with E-state index in [1.165, 1.54) is 7.11 Å². The Morgan fingerprint density at radius 3 is 2.45 bits per heavy atom. The molecule has 0 amide bonds. The van der Waals surface area contributed by atoms with E-state index in [-0.39, 0.29) is 11.6 Å². The Labute approximate surface area is 65.8 Å². The molecule has 0 aliphatic heterocycles. The van der Waals surface area contributed by atoms with Crippen molar-refractivity contribution in [2.45, 2.75) is 20.3 Å². The van der Waals surface area contributed by atoms with Gasteiger partial charge in [0.15, 0.2) is 5.71 Å². The van der Waals surface area contributed by atoms with Crippen molar-refractivity contribution >= 4 is 11.7 Å². The smallest absolute Gasteiger partial charge is 0.353 e. The lowest BCUT2D eigenvalue weighted by molar-refractivity contribution is -0.129. The zero-order valence-corrected chi connectivity index (χ0v) is 7.00. The van der Waals surface area contributed by atoms with Crippen molar-refractivity contribution in [3.05, 3.63) is 0 Å². The van der Waals surface area contributed by atoms with Crippen LogP contribution in [0.25, 0.3) is 0 Å². The summed E-state index contributed by atoms with van der Waals surface area (Å²) >= 11 is 0. The van der Waals surface area contributed by atoms with Crippen LogP contribution in [0.2, 0.25) is 0 Å². The molecule has 0 unspecified atom stereocenters.